The van der Waals surface area contributed by atoms with Crippen molar-refractivity contribution in [1.29, 1.82) is 0 Å². The first-order valence-electron chi connectivity index (χ1n) is 10.9. The monoisotopic (exact) mass is 478 g/mol. The van der Waals surface area contributed by atoms with Crippen LogP contribution in [0, 0.1) is 5.82 Å². The minimum Gasteiger partial charge on any atom is -0.474 e. The number of benzene rings is 1. The van der Waals surface area contributed by atoms with Gasteiger partial charge >= 0.3 is 6.09 Å². The van der Waals surface area contributed by atoms with Gasteiger partial charge in [-0.15, -0.1) is 0 Å². The number of sulfone groups is 1. The number of nitrogens with zero attached hydrogens (tertiary/aromatic N) is 4. The van der Waals surface area contributed by atoms with Crippen LogP contribution in [0.25, 0.3) is 0 Å². The maximum Gasteiger partial charge on any atom is 0.410 e. The summed E-state index contributed by atoms with van der Waals surface area (Å²) in [7, 11) is -3.64. The standard InChI is InChI=1S/C22H27FN4O5S/c1-14(2)31-22(28)26-9-6-16(7-10-26)32-21-17-8-11-27(20(17)24-13-25-21)15-4-5-19(18(23)12-15)33(3,29)30/h4-5,12-14,16H,6-11H2,1-3H3. The van der Waals surface area contributed by atoms with E-state index >= 15 is 0 Å². The molecule has 0 N–H and O–H groups in total. The van der Waals surface area contributed by atoms with Crippen LogP contribution in [0.5, 0.6) is 5.88 Å². The molecule has 2 aliphatic heterocycles. The van der Waals surface area contributed by atoms with Crippen LogP contribution in [0.15, 0.2) is 29.4 Å². The van der Waals surface area contributed by atoms with Crippen molar-refractivity contribution in [2.75, 3.05) is 30.8 Å². The molecule has 0 radical (unpaired) electrons. The minimum absolute atomic E-state index is 0.0901. The molecule has 2 aromatic rings. The van der Waals surface area contributed by atoms with Gasteiger partial charge in [-0.2, -0.15) is 0 Å². The highest BCUT2D eigenvalue weighted by molar-refractivity contribution is 7.90. The number of halogens is 1. The number of hydrogen-bond donors (Lipinski definition) is 0. The fourth-order valence-corrected chi connectivity index (χ4v) is 4.80. The second-order valence-corrected chi connectivity index (χ2v) is 10.5. The summed E-state index contributed by atoms with van der Waals surface area (Å²) in [6.45, 7) is 5.27. The van der Waals surface area contributed by atoms with E-state index in [-0.39, 0.29) is 23.2 Å². The molecular weight excluding hydrogens is 451 g/mol. The summed E-state index contributed by atoms with van der Waals surface area (Å²) in [5, 5.41) is 0. The van der Waals surface area contributed by atoms with E-state index < -0.39 is 15.7 Å². The largest absolute Gasteiger partial charge is 0.474 e. The van der Waals surface area contributed by atoms with E-state index in [1.165, 1.54) is 18.5 Å². The molecule has 0 unspecified atom stereocenters. The van der Waals surface area contributed by atoms with Crippen molar-refractivity contribution in [2.24, 2.45) is 0 Å². The van der Waals surface area contributed by atoms with Crippen molar-refractivity contribution in [3.63, 3.8) is 0 Å². The number of piperidine rings is 1. The molecule has 0 atom stereocenters. The number of anilines is 2. The molecule has 0 aliphatic carbocycles. The van der Waals surface area contributed by atoms with Crippen LogP contribution in [0.3, 0.4) is 0 Å². The SMILES string of the molecule is CC(C)OC(=O)N1CCC(Oc2ncnc3c2CCN3c2ccc(S(C)(=O)=O)c(F)c2)CC1. The molecule has 1 saturated heterocycles. The zero-order chi connectivity index (χ0) is 23.8. The molecule has 1 aromatic carbocycles. The molecule has 1 aromatic heterocycles. The van der Waals surface area contributed by atoms with Crippen LogP contribution in [0.4, 0.5) is 20.7 Å². The lowest BCUT2D eigenvalue weighted by Crippen LogP contribution is -2.42. The van der Waals surface area contributed by atoms with Gasteiger partial charge in [-0.1, -0.05) is 0 Å². The molecule has 11 heteroatoms. The summed E-state index contributed by atoms with van der Waals surface area (Å²) in [6.07, 6.45) is 3.76. The predicted octanol–water partition coefficient (Wildman–Crippen LogP) is 3.10. The van der Waals surface area contributed by atoms with Gasteiger partial charge in [0.25, 0.3) is 0 Å². The van der Waals surface area contributed by atoms with Crippen molar-refractivity contribution < 1.29 is 27.1 Å². The lowest BCUT2D eigenvalue weighted by atomic mass is 10.1. The van der Waals surface area contributed by atoms with Crippen molar-refractivity contribution in [3.8, 4) is 5.88 Å². The first-order valence-corrected chi connectivity index (χ1v) is 12.8. The zero-order valence-corrected chi connectivity index (χ0v) is 19.6. The first-order chi connectivity index (χ1) is 15.6. The Hall–Kier alpha value is -2.95. The van der Waals surface area contributed by atoms with Gasteiger partial charge in [-0.3, -0.25) is 0 Å². The fraction of sp³-hybridized carbons (Fsp3) is 0.500. The maximum absolute atomic E-state index is 14.4. The summed E-state index contributed by atoms with van der Waals surface area (Å²) in [5.74, 6) is 0.306. The normalized spacial score (nSPS) is 16.8. The topological polar surface area (TPSA) is 102 Å². The van der Waals surface area contributed by atoms with Crippen LogP contribution in [0.2, 0.25) is 0 Å². The molecule has 9 nitrogen and oxygen atoms in total. The van der Waals surface area contributed by atoms with Gasteiger partial charge in [0.05, 0.1) is 11.7 Å². The van der Waals surface area contributed by atoms with E-state index in [1.807, 2.05) is 18.7 Å². The Bertz CT molecular complexity index is 1150. The number of ether oxygens (including phenoxy) is 2. The van der Waals surface area contributed by atoms with Crippen molar-refractivity contribution in [2.45, 2.75) is 50.2 Å². The van der Waals surface area contributed by atoms with E-state index in [9.17, 15) is 17.6 Å². The zero-order valence-electron chi connectivity index (χ0n) is 18.8. The molecule has 178 valence electrons. The van der Waals surface area contributed by atoms with Crippen LogP contribution < -0.4 is 9.64 Å². The van der Waals surface area contributed by atoms with E-state index in [0.29, 0.717) is 56.3 Å². The highest BCUT2D eigenvalue weighted by Gasteiger charge is 2.30. The third-order valence-electron chi connectivity index (χ3n) is 5.67. The summed E-state index contributed by atoms with van der Waals surface area (Å²) >= 11 is 0. The fourth-order valence-electron chi connectivity index (χ4n) is 4.07. The highest BCUT2D eigenvalue weighted by Crippen LogP contribution is 2.38. The van der Waals surface area contributed by atoms with Gasteiger partial charge < -0.3 is 19.3 Å². The summed E-state index contributed by atoms with van der Waals surface area (Å²) in [6, 6.07) is 4.05. The Balaban J connectivity index is 1.46. The second-order valence-electron chi connectivity index (χ2n) is 8.51. The molecule has 3 heterocycles. The van der Waals surface area contributed by atoms with Gasteiger partial charge in [0.15, 0.2) is 9.84 Å². The van der Waals surface area contributed by atoms with Gasteiger partial charge in [0.1, 0.15) is 29.0 Å². The third kappa shape index (κ3) is 5.02. The quantitative estimate of drug-likeness (QED) is 0.646. The average Bonchev–Trinajstić information content (AvgIpc) is 3.18. The summed E-state index contributed by atoms with van der Waals surface area (Å²) in [5.41, 5.74) is 1.34. The smallest absolute Gasteiger partial charge is 0.410 e. The molecule has 1 amide bonds. The van der Waals surface area contributed by atoms with E-state index in [0.717, 1.165) is 11.8 Å². The number of aromatic nitrogens is 2. The van der Waals surface area contributed by atoms with Crippen LogP contribution in [-0.2, 0) is 21.0 Å². The highest BCUT2D eigenvalue weighted by atomic mass is 32.2. The van der Waals surface area contributed by atoms with E-state index in [1.54, 1.807) is 11.0 Å². The molecule has 33 heavy (non-hydrogen) atoms. The lowest BCUT2D eigenvalue weighted by molar-refractivity contribution is 0.0505. The number of carbonyl (C=O) groups excluding carboxylic acids is 1. The Morgan fingerprint density at radius 1 is 1.18 bits per heavy atom. The van der Waals surface area contributed by atoms with Crippen LogP contribution >= 0.6 is 0 Å². The average molecular weight is 479 g/mol. The summed E-state index contributed by atoms with van der Waals surface area (Å²) in [4.78, 5) is 23.9. The van der Waals surface area contributed by atoms with E-state index in [4.69, 9.17) is 9.47 Å². The Kier molecular flexibility index (Phi) is 6.42. The number of hydrogen-bond acceptors (Lipinski definition) is 8. The Morgan fingerprint density at radius 3 is 2.55 bits per heavy atom. The number of likely N-dealkylation sites (tertiary alicyclic amines) is 1. The van der Waals surface area contributed by atoms with Gasteiger partial charge in [-0.25, -0.2) is 27.6 Å². The van der Waals surface area contributed by atoms with Gasteiger partial charge in [0, 0.05) is 44.4 Å². The maximum atomic E-state index is 14.4. The molecular formula is C22H27FN4O5S. The first kappa shape index (κ1) is 23.2. The minimum atomic E-state index is -3.64. The van der Waals surface area contributed by atoms with E-state index in [2.05, 4.69) is 9.97 Å². The number of carbonyl (C=O) groups is 1. The van der Waals surface area contributed by atoms with Gasteiger partial charge in [0.2, 0.25) is 5.88 Å². The number of amides is 1. The molecule has 4 rings (SSSR count). The van der Waals surface area contributed by atoms with Crippen molar-refractivity contribution in [1.82, 2.24) is 14.9 Å². The van der Waals surface area contributed by atoms with Crippen molar-refractivity contribution in [3.05, 3.63) is 35.9 Å². The number of fused-ring (bicyclic) bond motifs is 1. The Morgan fingerprint density at radius 2 is 1.91 bits per heavy atom. The van der Waals surface area contributed by atoms with Crippen LogP contribution in [0.1, 0.15) is 32.3 Å². The summed E-state index contributed by atoms with van der Waals surface area (Å²) < 4.78 is 49.3. The third-order valence-corrected chi connectivity index (χ3v) is 6.80. The molecule has 0 saturated carbocycles. The Labute approximate surface area is 192 Å². The van der Waals surface area contributed by atoms with Crippen LogP contribution in [-0.4, -0.2) is 67.5 Å². The molecule has 1 fully saturated rings. The van der Waals surface area contributed by atoms with Crippen molar-refractivity contribution >= 4 is 27.4 Å². The second kappa shape index (κ2) is 9.12. The van der Waals surface area contributed by atoms with Gasteiger partial charge in [-0.05, 0) is 38.5 Å². The molecule has 0 spiro atoms. The molecule has 2 aliphatic rings. The lowest BCUT2D eigenvalue weighted by Gasteiger charge is -2.32. The predicted molar refractivity (Wildman–Crippen MR) is 119 cm³/mol. The number of rotatable bonds is 5. The molecule has 0 bridgehead atoms.